The van der Waals surface area contributed by atoms with Crippen LogP contribution in [0.3, 0.4) is 0 Å². The zero-order chi connectivity index (χ0) is 16.3. The number of likely N-dealkylation sites (tertiary alicyclic amines) is 1. The highest BCUT2D eigenvalue weighted by atomic mass is 16.6. The molecule has 0 atom stereocenters. The zero-order valence-electron chi connectivity index (χ0n) is 13.2. The minimum Gasteiger partial charge on any atom is -0.445 e. The number of aliphatic hydroxyl groups is 1. The first kappa shape index (κ1) is 15.6. The summed E-state index contributed by atoms with van der Waals surface area (Å²) in [7, 11) is 1.81. The van der Waals surface area contributed by atoms with Crippen LogP contribution >= 0.6 is 0 Å². The molecule has 1 fully saturated rings. The van der Waals surface area contributed by atoms with Crippen LogP contribution < -0.4 is 0 Å². The second kappa shape index (κ2) is 6.42. The Morgan fingerprint density at radius 1 is 1.26 bits per heavy atom. The Kier molecular flexibility index (Phi) is 4.34. The highest BCUT2D eigenvalue weighted by Crippen LogP contribution is 2.32. The molecule has 2 heterocycles. The van der Waals surface area contributed by atoms with Gasteiger partial charge in [-0.1, -0.05) is 30.3 Å². The number of aryl methyl sites for hydroxylation is 1. The summed E-state index contributed by atoms with van der Waals surface area (Å²) < 4.78 is 7.02. The molecule has 1 aliphatic heterocycles. The molecular formula is C17H21N3O3. The van der Waals surface area contributed by atoms with Crippen LogP contribution in [0.25, 0.3) is 0 Å². The van der Waals surface area contributed by atoms with Crippen LogP contribution in [0.5, 0.6) is 0 Å². The number of rotatable bonds is 3. The lowest BCUT2D eigenvalue weighted by Gasteiger charge is -2.37. The zero-order valence-corrected chi connectivity index (χ0v) is 13.2. The van der Waals surface area contributed by atoms with E-state index in [1.165, 1.54) is 0 Å². The maximum Gasteiger partial charge on any atom is 0.410 e. The Morgan fingerprint density at radius 2 is 1.96 bits per heavy atom. The molecule has 3 rings (SSSR count). The van der Waals surface area contributed by atoms with E-state index >= 15 is 0 Å². The Labute approximate surface area is 135 Å². The average Bonchev–Trinajstić information content (AvgIpc) is 3.01. The number of aromatic nitrogens is 2. The van der Waals surface area contributed by atoms with Crippen molar-refractivity contribution in [1.29, 1.82) is 0 Å². The molecule has 0 unspecified atom stereocenters. The lowest BCUT2D eigenvalue weighted by atomic mass is 9.88. The lowest BCUT2D eigenvalue weighted by Crippen LogP contribution is -2.46. The standard InChI is InChI=1S/C17H21N3O3/c1-19-15(7-10-18-19)17(22)8-11-20(12-9-17)16(21)23-13-14-5-3-2-4-6-14/h2-7,10,22H,8-9,11-13H2,1H3. The minimum absolute atomic E-state index is 0.266. The highest BCUT2D eigenvalue weighted by molar-refractivity contribution is 5.67. The van der Waals surface area contributed by atoms with Crippen molar-refractivity contribution in [2.45, 2.75) is 25.0 Å². The van der Waals surface area contributed by atoms with Gasteiger partial charge in [0.15, 0.2) is 0 Å². The quantitative estimate of drug-likeness (QED) is 0.941. The molecule has 122 valence electrons. The summed E-state index contributed by atoms with van der Waals surface area (Å²) in [6.07, 6.45) is 2.30. The van der Waals surface area contributed by atoms with Gasteiger partial charge >= 0.3 is 6.09 Å². The molecule has 6 nitrogen and oxygen atoms in total. The number of nitrogens with zero attached hydrogens (tertiary/aromatic N) is 3. The van der Waals surface area contributed by atoms with Crippen molar-refractivity contribution in [3.05, 3.63) is 53.9 Å². The second-order valence-corrected chi connectivity index (χ2v) is 5.90. The van der Waals surface area contributed by atoms with E-state index in [1.807, 2.05) is 43.4 Å². The molecule has 23 heavy (non-hydrogen) atoms. The smallest absolute Gasteiger partial charge is 0.410 e. The van der Waals surface area contributed by atoms with Gasteiger partial charge in [-0.15, -0.1) is 0 Å². The number of carbonyl (C=O) groups excluding carboxylic acids is 1. The van der Waals surface area contributed by atoms with Gasteiger partial charge < -0.3 is 14.7 Å². The summed E-state index contributed by atoms with van der Waals surface area (Å²) >= 11 is 0. The van der Waals surface area contributed by atoms with E-state index in [2.05, 4.69) is 5.10 Å². The number of ether oxygens (including phenoxy) is 1. The van der Waals surface area contributed by atoms with Crippen LogP contribution in [0.4, 0.5) is 4.79 Å². The Balaban J connectivity index is 1.54. The molecule has 1 aromatic carbocycles. The number of carbonyl (C=O) groups is 1. The van der Waals surface area contributed by atoms with Gasteiger partial charge in [0.25, 0.3) is 0 Å². The summed E-state index contributed by atoms with van der Waals surface area (Å²) in [4.78, 5) is 13.8. The van der Waals surface area contributed by atoms with Gasteiger partial charge in [-0.2, -0.15) is 5.10 Å². The number of hydrogen-bond acceptors (Lipinski definition) is 4. The van der Waals surface area contributed by atoms with Crippen LogP contribution in [0.2, 0.25) is 0 Å². The molecule has 1 aliphatic rings. The van der Waals surface area contributed by atoms with E-state index in [9.17, 15) is 9.90 Å². The van der Waals surface area contributed by atoms with Gasteiger partial charge in [0.1, 0.15) is 12.2 Å². The second-order valence-electron chi connectivity index (χ2n) is 5.90. The molecule has 1 amide bonds. The minimum atomic E-state index is -0.929. The van der Waals surface area contributed by atoms with E-state index < -0.39 is 5.60 Å². The SMILES string of the molecule is Cn1nccc1C1(O)CCN(C(=O)OCc2ccccc2)CC1. The highest BCUT2D eigenvalue weighted by Gasteiger charge is 2.37. The topological polar surface area (TPSA) is 67.6 Å². The first-order valence-electron chi connectivity index (χ1n) is 7.75. The number of benzene rings is 1. The van der Waals surface area contributed by atoms with Crippen molar-refractivity contribution >= 4 is 6.09 Å². The van der Waals surface area contributed by atoms with Crippen molar-refractivity contribution in [3.63, 3.8) is 0 Å². The molecule has 6 heteroatoms. The third kappa shape index (κ3) is 3.37. The Morgan fingerprint density at radius 3 is 2.57 bits per heavy atom. The molecule has 0 radical (unpaired) electrons. The number of hydrogen-bond donors (Lipinski definition) is 1. The van der Waals surface area contributed by atoms with E-state index in [1.54, 1.807) is 15.8 Å². The average molecular weight is 315 g/mol. The van der Waals surface area contributed by atoms with Crippen LogP contribution in [-0.2, 0) is 24.0 Å². The van der Waals surface area contributed by atoms with Crippen molar-refractivity contribution < 1.29 is 14.6 Å². The molecule has 0 saturated carbocycles. The van der Waals surface area contributed by atoms with Crippen LogP contribution in [0.1, 0.15) is 24.1 Å². The third-order valence-corrected chi connectivity index (χ3v) is 4.35. The molecule has 0 spiro atoms. The van der Waals surface area contributed by atoms with E-state index in [-0.39, 0.29) is 12.7 Å². The normalized spacial score (nSPS) is 17.0. The Bertz CT molecular complexity index is 661. The van der Waals surface area contributed by atoms with Gasteiger partial charge in [-0.05, 0) is 24.5 Å². The summed E-state index contributed by atoms with van der Waals surface area (Å²) in [5, 5.41) is 14.9. The molecular weight excluding hydrogens is 294 g/mol. The lowest BCUT2D eigenvalue weighted by molar-refractivity contribution is -0.0312. The van der Waals surface area contributed by atoms with Crippen molar-refractivity contribution in [3.8, 4) is 0 Å². The monoisotopic (exact) mass is 315 g/mol. The predicted octanol–water partition coefficient (Wildman–Crippen LogP) is 2.04. The summed E-state index contributed by atoms with van der Waals surface area (Å²) in [5.74, 6) is 0. The van der Waals surface area contributed by atoms with Crippen molar-refractivity contribution in [2.24, 2.45) is 7.05 Å². The van der Waals surface area contributed by atoms with E-state index in [0.29, 0.717) is 25.9 Å². The van der Waals surface area contributed by atoms with E-state index in [4.69, 9.17) is 4.74 Å². The molecule has 1 aromatic heterocycles. The maximum absolute atomic E-state index is 12.1. The molecule has 1 N–H and O–H groups in total. The van der Waals surface area contributed by atoms with Crippen LogP contribution in [0, 0.1) is 0 Å². The number of amides is 1. The largest absolute Gasteiger partial charge is 0.445 e. The van der Waals surface area contributed by atoms with Crippen molar-refractivity contribution in [1.82, 2.24) is 14.7 Å². The fourth-order valence-corrected chi connectivity index (χ4v) is 2.96. The summed E-state index contributed by atoms with van der Waals surface area (Å²) in [5.41, 5.74) is 0.820. The van der Waals surface area contributed by atoms with E-state index in [0.717, 1.165) is 11.3 Å². The fraction of sp³-hybridized carbons (Fsp3) is 0.412. The van der Waals surface area contributed by atoms with Gasteiger partial charge in [-0.3, -0.25) is 4.68 Å². The first-order valence-corrected chi connectivity index (χ1v) is 7.75. The van der Waals surface area contributed by atoms with Crippen molar-refractivity contribution in [2.75, 3.05) is 13.1 Å². The fourth-order valence-electron chi connectivity index (χ4n) is 2.96. The first-order chi connectivity index (χ1) is 11.1. The van der Waals surface area contributed by atoms with Gasteiger partial charge in [0.2, 0.25) is 0 Å². The predicted molar refractivity (Wildman–Crippen MR) is 84.5 cm³/mol. The molecule has 0 aliphatic carbocycles. The summed E-state index contributed by atoms with van der Waals surface area (Å²) in [6, 6.07) is 11.4. The van der Waals surface area contributed by atoms with Crippen LogP contribution in [0.15, 0.2) is 42.6 Å². The van der Waals surface area contributed by atoms with Gasteiger partial charge in [-0.25, -0.2) is 4.79 Å². The molecule has 2 aromatic rings. The van der Waals surface area contributed by atoms with Gasteiger partial charge in [0, 0.05) is 26.3 Å². The summed E-state index contributed by atoms with van der Waals surface area (Å²) in [6.45, 7) is 1.20. The third-order valence-electron chi connectivity index (χ3n) is 4.35. The molecule has 1 saturated heterocycles. The number of piperidine rings is 1. The molecule has 0 bridgehead atoms. The maximum atomic E-state index is 12.1. The van der Waals surface area contributed by atoms with Crippen LogP contribution in [-0.4, -0.2) is 39.0 Å². The van der Waals surface area contributed by atoms with Gasteiger partial charge in [0.05, 0.1) is 5.69 Å². The Hall–Kier alpha value is -2.34.